The Balaban J connectivity index is 4.03. The van der Waals surface area contributed by atoms with Crippen LogP contribution in [0.25, 0.3) is 0 Å². The molecule has 0 saturated carbocycles. The van der Waals surface area contributed by atoms with Crippen LogP contribution in [0.5, 0.6) is 0 Å². The molecule has 0 heterocycles. The zero-order chi connectivity index (χ0) is 47.0. The first-order chi connectivity index (χ1) is 31.1. The van der Waals surface area contributed by atoms with Crippen LogP contribution in [-0.4, -0.2) is 64.9 Å². The minimum atomic E-state index is -4.79. The molecule has 11 nitrogen and oxygen atoms in total. The number of aliphatic hydroxyl groups excluding tert-OH is 1. The fourth-order valence-electron chi connectivity index (χ4n) is 5.61. The Labute approximate surface area is 386 Å². The summed E-state index contributed by atoms with van der Waals surface area (Å²) < 4.78 is 26.8. The number of carbonyl (C=O) groups is 3. The van der Waals surface area contributed by atoms with Gasteiger partial charge >= 0.3 is 19.8 Å². The SMILES string of the molecule is CC/C=C\C/C=C\C/C=C\C/C=C\C/C=C\C/C=C\CCC(=O)NC(COP(=O)(O)OCC(O)COC(=O)CCCCCCC/C=C\C/C=C\C/C=C\C/C=C\CCCCC)C(=O)O. The molecule has 0 aliphatic heterocycles. The van der Waals surface area contributed by atoms with E-state index in [1.807, 2.05) is 18.2 Å². The van der Waals surface area contributed by atoms with Crippen LogP contribution in [0.1, 0.15) is 155 Å². The number of hydrogen-bond acceptors (Lipinski definition) is 8. The van der Waals surface area contributed by atoms with Crippen LogP contribution < -0.4 is 5.32 Å². The van der Waals surface area contributed by atoms with Gasteiger partial charge in [-0.25, -0.2) is 9.36 Å². The van der Waals surface area contributed by atoms with Gasteiger partial charge in [0.15, 0.2) is 6.04 Å². The van der Waals surface area contributed by atoms with E-state index in [2.05, 4.69) is 122 Å². The van der Waals surface area contributed by atoms with E-state index in [1.165, 1.54) is 25.7 Å². The second kappa shape index (κ2) is 45.4. The number of nitrogens with one attached hydrogen (secondary N) is 1. The van der Waals surface area contributed by atoms with Gasteiger partial charge in [-0.05, 0) is 96.3 Å². The molecule has 0 aliphatic carbocycles. The van der Waals surface area contributed by atoms with Crippen molar-refractivity contribution < 1.29 is 47.8 Å². The monoisotopic (exact) mass is 912 g/mol. The summed E-state index contributed by atoms with van der Waals surface area (Å²) in [5.74, 6) is -2.53. The molecule has 0 spiro atoms. The van der Waals surface area contributed by atoms with Crippen LogP contribution in [0.3, 0.4) is 0 Å². The number of carboxylic acids is 1. The van der Waals surface area contributed by atoms with E-state index in [9.17, 15) is 34.1 Å². The van der Waals surface area contributed by atoms with Crippen molar-refractivity contribution in [2.24, 2.45) is 0 Å². The van der Waals surface area contributed by atoms with E-state index < -0.39 is 57.6 Å². The summed E-state index contributed by atoms with van der Waals surface area (Å²) in [6.07, 6.45) is 60.9. The standard InChI is InChI=1S/C52H82NO10P/c1-3-5-7-9-11-13-15-17-19-21-23-24-26-28-30-32-34-36-38-40-42-44-51(56)61-45-48(54)46-62-64(59,60)63-47-49(52(57)58)53-50(55)43-41-39-37-35-33-31-29-27-25-22-20-18-16-14-12-10-8-6-4-2/h6,8,11-14,17-20,23-25,27-28,30-31,33,37,39,48-49,54H,3-5,7,9-10,15-16,21-22,26,29,32,34-36,38,40-47H2,1-2H3,(H,53,55)(H,57,58)(H,59,60)/b8-6-,13-11-,14-12-,19-17-,20-18-,24-23-,27-25-,30-28-,33-31-,39-37-. The lowest BCUT2D eigenvalue weighted by Gasteiger charge is -2.18. The van der Waals surface area contributed by atoms with Gasteiger partial charge in [0.1, 0.15) is 12.7 Å². The van der Waals surface area contributed by atoms with Crippen molar-refractivity contribution in [2.45, 2.75) is 167 Å². The summed E-state index contributed by atoms with van der Waals surface area (Å²) in [6, 6.07) is -1.60. The van der Waals surface area contributed by atoms with Gasteiger partial charge in [0.05, 0.1) is 13.2 Å². The maximum Gasteiger partial charge on any atom is 0.472 e. The van der Waals surface area contributed by atoms with Crippen LogP contribution in [0, 0.1) is 0 Å². The van der Waals surface area contributed by atoms with Gasteiger partial charge < -0.3 is 25.2 Å². The third-order valence-corrected chi connectivity index (χ3v) is 10.2. The van der Waals surface area contributed by atoms with Crippen molar-refractivity contribution in [3.05, 3.63) is 122 Å². The topological polar surface area (TPSA) is 169 Å². The number of phosphoric acid groups is 1. The van der Waals surface area contributed by atoms with Crippen LogP contribution >= 0.6 is 7.82 Å². The van der Waals surface area contributed by atoms with Gasteiger partial charge in [-0.2, -0.15) is 0 Å². The minimum Gasteiger partial charge on any atom is -0.480 e. The zero-order valence-corrected chi connectivity index (χ0v) is 39.9. The highest BCUT2D eigenvalue weighted by molar-refractivity contribution is 7.47. The summed E-state index contributed by atoms with van der Waals surface area (Å²) in [6.45, 7) is 2.36. The molecule has 64 heavy (non-hydrogen) atoms. The molecule has 0 bridgehead atoms. The summed E-state index contributed by atoms with van der Waals surface area (Å²) >= 11 is 0. The lowest BCUT2D eigenvalue weighted by atomic mass is 10.1. The summed E-state index contributed by atoms with van der Waals surface area (Å²) in [7, 11) is -4.79. The normalized spacial score (nSPS) is 14.7. The van der Waals surface area contributed by atoms with Crippen LogP contribution in [0.4, 0.5) is 0 Å². The van der Waals surface area contributed by atoms with Crippen molar-refractivity contribution in [1.82, 2.24) is 5.32 Å². The molecule has 360 valence electrons. The molecule has 0 rings (SSSR count). The quantitative estimate of drug-likeness (QED) is 0.0200. The highest BCUT2D eigenvalue weighted by atomic mass is 31.2. The minimum absolute atomic E-state index is 0.0114. The van der Waals surface area contributed by atoms with Crippen molar-refractivity contribution >= 4 is 25.7 Å². The van der Waals surface area contributed by atoms with Crippen LogP contribution in [-0.2, 0) is 32.7 Å². The number of aliphatic carboxylic acids is 1. The lowest BCUT2D eigenvalue weighted by molar-refractivity contribution is -0.147. The first-order valence-electron chi connectivity index (χ1n) is 23.6. The van der Waals surface area contributed by atoms with Crippen molar-refractivity contribution in [1.29, 1.82) is 0 Å². The molecule has 3 unspecified atom stereocenters. The fourth-order valence-corrected chi connectivity index (χ4v) is 6.39. The Morgan fingerprint density at radius 3 is 1.39 bits per heavy atom. The number of allylic oxidation sites excluding steroid dienone is 20. The largest absolute Gasteiger partial charge is 0.480 e. The van der Waals surface area contributed by atoms with Crippen molar-refractivity contribution in [3.8, 4) is 0 Å². The fraction of sp³-hybridized carbons (Fsp3) is 0.558. The number of amides is 1. The lowest BCUT2D eigenvalue weighted by Crippen LogP contribution is -2.43. The van der Waals surface area contributed by atoms with Crippen LogP contribution in [0.2, 0.25) is 0 Å². The third-order valence-electron chi connectivity index (χ3n) is 9.25. The Bertz CT molecular complexity index is 1540. The molecule has 0 aromatic heterocycles. The molecule has 0 radical (unpaired) electrons. The van der Waals surface area contributed by atoms with E-state index in [4.69, 9.17) is 13.8 Å². The molecule has 0 aliphatic rings. The number of hydrogen-bond donors (Lipinski definition) is 4. The number of carboxylic acid groups (broad SMARTS) is 1. The molecule has 4 N–H and O–H groups in total. The Kier molecular flexibility index (Phi) is 42.5. The third kappa shape index (κ3) is 44.5. The Hall–Kier alpha value is -4.12. The van der Waals surface area contributed by atoms with E-state index in [-0.39, 0.29) is 12.8 Å². The maximum absolute atomic E-state index is 12.3. The second-order valence-electron chi connectivity index (χ2n) is 15.2. The van der Waals surface area contributed by atoms with E-state index in [0.29, 0.717) is 19.3 Å². The Morgan fingerprint density at radius 1 is 0.516 bits per heavy atom. The highest BCUT2D eigenvalue weighted by Crippen LogP contribution is 2.43. The molecule has 0 saturated heterocycles. The van der Waals surface area contributed by atoms with Crippen molar-refractivity contribution in [3.63, 3.8) is 0 Å². The van der Waals surface area contributed by atoms with E-state index >= 15 is 0 Å². The van der Waals surface area contributed by atoms with E-state index in [0.717, 1.165) is 83.5 Å². The van der Waals surface area contributed by atoms with Gasteiger partial charge in [0.2, 0.25) is 5.91 Å². The maximum atomic E-state index is 12.3. The number of esters is 1. The summed E-state index contributed by atoms with van der Waals surface area (Å²) in [4.78, 5) is 46.0. The van der Waals surface area contributed by atoms with Gasteiger partial charge in [0, 0.05) is 12.8 Å². The van der Waals surface area contributed by atoms with Crippen LogP contribution in [0.15, 0.2) is 122 Å². The number of ether oxygens (including phenoxy) is 1. The number of rotatable bonds is 42. The highest BCUT2D eigenvalue weighted by Gasteiger charge is 2.28. The number of aliphatic hydroxyl groups is 1. The predicted octanol–water partition coefficient (Wildman–Crippen LogP) is 12.8. The molecule has 3 atom stereocenters. The first kappa shape index (κ1) is 59.9. The molecule has 0 aromatic carbocycles. The van der Waals surface area contributed by atoms with Gasteiger partial charge in [-0.15, -0.1) is 0 Å². The number of carbonyl (C=O) groups excluding carboxylic acids is 2. The zero-order valence-electron chi connectivity index (χ0n) is 39.0. The molecular weight excluding hydrogens is 830 g/mol. The van der Waals surface area contributed by atoms with Gasteiger partial charge in [0.25, 0.3) is 0 Å². The molecule has 0 aromatic rings. The van der Waals surface area contributed by atoms with Gasteiger partial charge in [-0.3, -0.25) is 18.6 Å². The molecule has 1 amide bonds. The predicted molar refractivity (Wildman–Crippen MR) is 263 cm³/mol. The van der Waals surface area contributed by atoms with Gasteiger partial charge in [-0.1, -0.05) is 167 Å². The number of phosphoric ester groups is 1. The smallest absolute Gasteiger partial charge is 0.472 e. The van der Waals surface area contributed by atoms with Crippen molar-refractivity contribution in [2.75, 3.05) is 19.8 Å². The molecular formula is C52H82NO10P. The van der Waals surface area contributed by atoms with E-state index in [1.54, 1.807) is 0 Å². The molecule has 0 fully saturated rings. The first-order valence-corrected chi connectivity index (χ1v) is 25.1. The number of unbranched alkanes of at least 4 members (excludes halogenated alkanes) is 8. The average molecular weight is 912 g/mol. The average Bonchev–Trinajstić information content (AvgIpc) is 3.27. The molecule has 12 heteroatoms. The summed E-state index contributed by atoms with van der Waals surface area (Å²) in [5, 5.41) is 21.8. The Morgan fingerprint density at radius 2 is 0.922 bits per heavy atom. The summed E-state index contributed by atoms with van der Waals surface area (Å²) in [5.41, 5.74) is 0. The second-order valence-corrected chi connectivity index (χ2v) is 16.7.